The number of benzene rings is 1. The van der Waals surface area contributed by atoms with Crippen molar-refractivity contribution in [2.75, 3.05) is 14.2 Å². The predicted molar refractivity (Wildman–Crippen MR) is 76.5 cm³/mol. The lowest BCUT2D eigenvalue weighted by molar-refractivity contribution is -0.174. The van der Waals surface area contributed by atoms with E-state index >= 15 is 0 Å². The predicted octanol–water partition coefficient (Wildman–Crippen LogP) is 1.43. The topological polar surface area (TPSA) is 76.0 Å². The molecule has 0 bridgehead atoms. The summed E-state index contributed by atoms with van der Waals surface area (Å²) in [5, 5.41) is 18.8. The number of rotatable bonds is 5. The Bertz CT molecular complexity index is 568. The van der Waals surface area contributed by atoms with E-state index in [9.17, 15) is 15.0 Å². The van der Waals surface area contributed by atoms with Crippen LogP contribution in [0, 0.1) is 0 Å². The fourth-order valence-electron chi connectivity index (χ4n) is 2.26. The summed E-state index contributed by atoms with van der Waals surface area (Å²) < 4.78 is 10.6. The van der Waals surface area contributed by atoms with Gasteiger partial charge in [0.15, 0.2) is 17.9 Å². The molecule has 0 atom stereocenters. The van der Waals surface area contributed by atoms with Gasteiger partial charge in [-0.2, -0.15) is 0 Å². The van der Waals surface area contributed by atoms with Crippen molar-refractivity contribution in [3.8, 4) is 0 Å². The van der Waals surface area contributed by atoms with Crippen molar-refractivity contribution in [1.82, 2.24) is 0 Å². The van der Waals surface area contributed by atoms with E-state index in [1.165, 1.54) is 20.3 Å². The second-order valence-corrected chi connectivity index (χ2v) is 4.78. The Hall–Kier alpha value is -1.79. The van der Waals surface area contributed by atoms with Gasteiger partial charge < -0.3 is 19.7 Å². The van der Waals surface area contributed by atoms with Crippen LogP contribution in [-0.4, -0.2) is 42.3 Å². The number of carbonyl (C=O) groups is 1. The van der Waals surface area contributed by atoms with Gasteiger partial charge in [-0.25, -0.2) is 0 Å². The summed E-state index contributed by atoms with van der Waals surface area (Å²) in [6, 6.07) is 8.74. The summed E-state index contributed by atoms with van der Waals surface area (Å²) in [4.78, 5) is 12.5. The van der Waals surface area contributed by atoms with Gasteiger partial charge in [-0.05, 0) is 17.7 Å². The van der Waals surface area contributed by atoms with Gasteiger partial charge >= 0.3 is 0 Å². The third-order valence-electron chi connectivity index (χ3n) is 3.49. The molecule has 0 aliphatic heterocycles. The number of ketones is 1. The number of aliphatic hydroxyl groups is 2. The minimum Gasteiger partial charge on any atom is -0.365 e. The fraction of sp³-hybridized carbons (Fsp3) is 0.312. The highest BCUT2D eigenvalue weighted by Gasteiger charge is 2.35. The maximum atomic E-state index is 12.5. The first-order valence-electron chi connectivity index (χ1n) is 6.51. The number of methoxy groups -OCH3 is 2. The quantitative estimate of drug-likeness (QED) is 0.633. The van der Waals surface area contributed by atoms with Crippen LogP contribution in [0.2, 0.25) is 0 Å². The second-order valence-electron chi connectivity index (χ2n) is 4.78. The molecule has 0 aromatic heterocycles. The molecule has 0 heterocycles. The molecule has 5 nitrogen and oxygen atoms in total. The van der Waals surface area contributed by atoms with Crippen LogP contribution in [0.1, 0.15) is 16.8 Å². The molecule has 5 heteroatoms. The minimum absolute atomic E-state index is 0.142. The van der Waals surface area contributed by atoms with Crippen LogP contribution in [-0.2, 0) is 9.47 Å². The number of hydrogen-bond donors (Lipinski definition) is 2. The average Bonchev–Trinajstić information content (AvgIpc) is 2.54. The van der Waals surface area contributed by atoms with Crippen molar-refractivity contribution >= 4 is 5.78 Å². The number of aliphatic hydroxyl groups excluding tert-OH is 1. The van der Waals surface area contributed by atoms with Gasteiger partial charge in [-0.1, -0.05) is 30.3 Å². The van der Waals surface area contributed by atoms with E-state index in [-0.39, 0.29) is 17.8 Å². The Morgan fingerprint density at radius 3 is 2.33 bits per heavy atom. The Labute approximate surface area is 123 Å². The molecule has 1 aromatic rings. The van der Waals surface area contributed by atoms with Gasteiger partial charge in [0.25, 0.3) is 0 Å². The molecule has 0 unspecified atom stereocenters. The monoisotopic (exact) mass is 290 g/mol. The molecule has 0 saturated carbocycles. The molecule has 0 radical (unpaired) electrons. The highest BCUT2D eigenvalue weighted by molar-refractivity contribution is 6.10. The molecule has 1 aliphatic carbocycles. The summed E-state index contributed by atoms with van der Waals surface area (Å²) in [6.07, 6.45) is 1.51. The van der Waals surface area contributed by atoms with Crippen LogP contribution >= 0.6 is 0 Å². The highest BCUT2D eigenvalue weighted by Crippen LogP contribution is 2.32. The Morgan fingerprint density at radius 2 is 1.81 bits per heavy atom. The third-order valence-corrected chi connectivity index (χ3v) is 3.49. The molecule has 2 rings (SSSR count). The summed E-state index contributed by atoms with van der Waals surface area (Å²) in [5.74, 6) is -1.40. The first-order valence-corrected chi connectivity index (χ1v) is 6.51. The number of carbonyl (C=O) groups excluding carboxylic acids is 1. The molecular formula is C16H18O5. The van der Waals surface area contributed by atoms with Crippen LogP contribution in [0.15, 0.2) is 53.6 Å². The lowest BCUT2D eigenvalue weighted by Gasteiger charge is -2.32. The summed E-state index contributed by atoms with van der Waals surface area (Å²) in [7, 11) is 2.88. The largest absolute Gasteiger partial charge is 0.365 e. The molecule has 0 amide bonds. The van der Waals surface area contributed by atoms with Crippen molar-refractivity contribution in [3.63, 3.8) is 0 Å². The van der Waals surface area contributed by atoms with E-state index in [1.807, 2.05) is 6.07 Å². The molecule has 21 heavy (non-hydrogen) atoms. The zero-order valence-electron chi connectivity index (χ0n) is 11.9. The molecule has 112 valence electrons. The van der Waals surface area contributed by atoms with E-state index in [1.54, 1.807) is 30.3 Å². The van der Waals surface area contributed by atoms with E-state index < -0.39 is 12.1 Å². The van der Waals surface area contributed by atoms with Crippen LogP contribution in [0.4, 0.5) is 0 Å². The van der Waals surface area contributed by atoms with Crippen LogP contribution < -0.4 is 0 Å². The van der Waals surface area contributed by atoms with Crippen LogP contribution in [0.25, 0.3) is 0 Å². The highest BCUT2D eigenvalue weighted by atomic mass is 16.7. The van der Waals surface area contributed by atoms with Crippen molar-refractivity contribution in [1.29, 1.82) is 0 Å². The maximum absolute atomic E-state index is 12.5. The smallest absolute Gasteiger partial charge is 0.192 e. The molecule has 0 saturated heterocycles. The van der Waals surface area contributed by atoms with Crippen LogP contribution in [0.5, 0.6) is 0 Å². The molecule has 1 aromatic carbocycles. The van der Waals surface area contributed by atoms with E-state index in [2.05, 4.69) is 0 Å². The number of ether oxygens (including phenoxy) is 2. The Balaban J connectivity index is 2.43. The van der Waals surface area contributed by atoms with Crippen molar-refractivity contribution in [2.45, 2.75) is 18.5 Å². The molecule has 0 fully saturated rings. The molecule has 1 aliphatic rings. The molecule has 0 spiro atoms. The fourth-order valence-corrected chi connectivity index (χ4v) is 2.26. The normalized spacial score (nSPS) is 17.4. The summed E-state index contributed by atoms with van der Waals surface area (Å²) in [5.41, 5.74) is 1.08. The Morgan fingerprint density at radius 1 is 1.19 bits per heavy atom. The third kappa shape index (κ3) is 3.28. The first kappa shape index (κ1) is 15.6. The van der Waals surface area contributed by atoms with Gasteiger partial charge in [0, 0.05) is 31.8 Å². The second kappa shape index (κ2) is 6.32. The average molecular weight is 290 g/mol. The number of allylic oxidation sites excluding steroid dienone is 2. The van der Waals surface area contributed by atoms with E-state index in [4.69, 9.17) is 9.47 Å². The first-order chi connectivity index (χ1) is 10.0. The van der Waals surface area contributed by atoms with Crippen molar-refractivity contribution < 1.29 is 24.5 Å². The lowest BCUT2D eigenvalue weighted by atomic mass is 9.90. The van der Waals surface area contributed by atoms with Gasteiger partial charge in [0.05, 0.1) is 0 Å². The van der Waals surface area contributed by atoms with Gasteiger partial charge in [-0.3, -0.25) is 4.79 Å². The minimum atomic E-state index is -1.66. The van der Waals surface area contributed by atoms with E-state index in [0.717, 1.165) is 0 Å². The van der Waals surface area contributed by atoms with Crippen molar-refractivity contribution in [3.05, 3.63) is 59.2 Å². The van der Waals surface area contributed by atoms with Gasteiger partial charge in [0.1, 0.15) is 0 Å². The SMILES string of the molecule is COC1(OC)C=C(C(=O)c2ccccc2)C=C(C(O)O)C1. The van der Waals surface area contributed by atoms with Gasteiger partial charge in [-0.15, -0.1) is 0 Å². The lowest BCUT2D eigenvalue weighted by Crippen LogP contribution is -2.36. The van der Waals surface area contributed by atoms with E-state index in [0.29, 0.717) is 11.1 Å². The van der Waals surface area contributed by atoms with Gasteiger partial charge in [0.2, 0.25) is 0 Å². The van der Waals surface area contributed by atoms with Crippen LogP contribution in [0.3, 0.4) is 0 Å². The summed E-state index contributed by atoms with van der Waals surface area (Å²) in [6.45, 7) is 0. The van der Waals surface area contributed by atoms with Crippen molar-refractivity contribution in [2.24, 2.45) is 0 Å². The zero-order valence-corrected chi connectivity index (χ0v) is 11.9. The number of hydrogen-bond acceptors (Lipinski definition) is 5. The molecular weight excluding hydrogens is 272 g/mol. The summed E-state index contributed by atoms with van der Waals surface area (Å²) >= 11 is 0. The standard InChI is InChI=1S/C16H18O5/c1-20-16(21-2)9-12(8-13(10-16)15(18)19)14(17)11-6-4-3-5-7-11/h3-9,15,18-19H,10H2,1-2H3. The molecule has 2 N–H and O–H groups in total. The number of Topliss-reactive ketones (excluding diaryl/α,β-unsaturated/α-hetero) is 1. The maximum Gasteiger partial charge on any atom is 0.192 e. The Kier molecular flexibility index (Phi) is 4.69. The zero-order chi connectivity index (χ0) is 15.5.